The fourth-order valence-electron chi connectivity index (χ4n) is 5.69. The SMILES string of the molecule is COc1ccc(Oc2c(Cl)cc(-n3nc(C(F)F)c(=O)[nH]c3=O)cc2Cl)cc1C(=O)NCC1(F)CC2(F)CCC(F)(C2)C1. The van der Waals surface area contributed by atoms with Crippen molar-refractivity contribution in [3.05, 3.63) is 72.5 Å². The lowest BCUT2D eigenvalue weighted by atomic mass is 9.75. The summed E-state index contributed by atoms with van der Waals surface area (Å²) in [5.41, 5.74) is -10.1. The first-order valence-electron chi connectivity index (χ1n) is 12.9. The Labute approximate surface area is 249 Å². The van der Waals surface area contributed by atoms with Gasteiger partial charge in [-0.1, -0.05) is 23.2 Å². The largest absolute Gasteiger partial charge is 0.496 e. The number of halogens is 7. The first-order chi connectivity index (χ1) is 20.1. The summed E-state index contributed by atoms with van der Waals surface area (Å²) >= 11 is 12.6. The monoisotopic (exact) mass is 648 g/mol. The normalized spacial score (nSPS) is 24.7. The molecule has 230 valence electrons. The van der Waals surface area contributed by atoms with E-state index in [1.807, 2.05) is 0 Å². The van der Waals surface area contributed by atoms with Gasteiger partial charge < -0.3 is 14.8 Å². The molecule has 43 heavy (non-hydrogen) atoms. The Hall–Kier alpha value is -3.65. The number of aromatic amines is 1. The molecule has 0 spiro atoms. The summed E-state index contributed by atoms with van der Waals surface area (Å²) in [6.45, 7) is -0.623. The van der Waals surface area contributed by atoms with E-state index in [1.165, 1.54) is 25.3 Å². The Balaban J connectivity index is 1.37. The Morgan fingerprint density at radius 2 is 1.70 bits per heavy atom. The first kappa shape index (κ1) is 30.8. The molecule has 2 N–H and O–H groups in total. The molecule has 2 saturated carbocycles. The Morgan fingerprint density at radius 3 is 2.28 bits per heavy atom. The van der Waals surface area contributed by atoms with Crippen LogP contribution in [0.1, 0.15) is 54.6 Å². The molecule has 1 heterocycles. The number of carbonyl (C=O) groups excluding carboxylic acids is 1. The maximum atomic E-state index is 15.5. The molecule has 9 nitrogen and oxygen atoms in total. The predicted molar refractivity (Wildman–Crippen MR) is 145 cm³/mol. The van der Waals surface area contributed by atoms with Gasteiger partial charge in [-0.3, -0.25) is 14.6 Å². The van der Waals surface area contributed by atoms with Crippen molar-refractivity contribution in [3.8, 4) is 22.9 Å². The summed E-state index contributed by atoms with van der Waals surface area (Å²) in [4.78, 5) is 38.6. The Bertz CT molecular complexity index is 1680. The van der Waals surface area contributed by atoms with Gasteiger partial charge in [0.2, 0.25) is 0 Å². The number of hydrogen-bond donors (Lipinski definition) is 2. The fraction of sp³-hybridized carbons (Fsp3) is 0.407. The molecule has 2 atom stereocenters. The smallest absolute Gasteiger partial charge is 0.349 e. The summed E-state index contributed by atoms with van der Waals surface area (Å²) in [6, 6.07) is 6.24. The van der Waals surface area contributed by atoms with Crippen molar-refractivity contribution < 1.29 is 36.2 Å². The van der Waals surface area contributed by atoms with Gasteiger partial charge in [-0.25, -0.2) is 26.7 Å². The molecule has 0 radical (unpaired) electrons. The molecule has 0 saturated heterocycles. The van der Waals surface area contributed by atoms with Gasteiger partial charge >= 0.3 is 5.69 Å². The number of H-pyrrole nitrogens is 1. The molecular weight excluding hydrogens is 626 g/mol. The molecule has 2 aliphatic rings. The molecular formula is C27H23Cl2F5N4O5. The van der Waals surface area contributed by atoms with Gasteiger partial charge in [0.15, 0.2) is 11.4 Å². The van der Waals surface area contributed by atoms with E-state index in [1.54, 1.807) is 4.98 Å². The summed E-state index contributed by atoms with van der Waals surface area (Å²) in [5.74, 6) is -0.866. The van der Waals surface area contributed by atoms with Crippen LogP contribution in [0.3, 0.4) is 0 Å². The molecule has 3 aromatic rings. The molecule has 16 heteroatoms. The fourth-order valence-corrected chi connectivity index (χ4v) is 6.25. The maximum Gasteiger partial charge on any atom is 0.349 e. The second kappa shape index (κ2) is 11.1. The van der Waals surface area contributed by atoms with Crippen molar-refractivity contribution >= 4 is 29.1 Å². The van der Waals surface area contributed by atoms with Crippen LogP contribution in [0.4, 0.5) is 22.0 Å². The van der Waals surface area contributed by atoms with Crippen LogP contribution in [-0.2, 0) is 0 Å². The standard InChI is InChI=1S/C27H23Cl2F5N4O5/c1-42-18-3-2-14(8-15(18)22(39)35-12-27(34)10-25(32)4-5-26(33,9-25)11-27)43-20-16(28)6-13(7-17(20)29)38-24(41)36-23(40)19(37-38)21(30)31/h2-3,6-8,21H,4-5,9-12H2,1H3,(H,35,39)(H,36,40,41). The summed E-state index contributed by atoms with van der Waals surface area (Å²) in [7, 11) is 1.29. The zero-order valence-corrected chi connectivity index (χ0v) is 23.8. The second-order valence-electron chi connectivity index (χ2n) is 10.7. The van der Waals surface area contributed by atoms with Gasteiger partial charge in [0.25, 0.3) is 17.9 Å². The van der Waals surface area contributed by atoms with Gasteiger partial charge in [0.1, 0.15) is 28.5 Å². The summed E-state index contributed by atoms with van der Waals surface area (Å²) in [6.07, 6.45) is -4.81. The number of carbonyl (C=O) groups is 1. The highest BCUT2D eigenvalue weighted by Gasteiger charge is 2.61. The van der Waals surface area contributed by atoms with Crippen LogP contribution >= 0.6 is 23.2 Å². The van der Waals surface area contributed by atoms with Gasteiger partial charge in [-0.15, -0.1) is 0 Å². The van der Waals surface area contributed by atoms with Crippen molar-refractivity contribution in [1.82, 2.24) is 20.1 Å². The number of methoxy groups -OCH3 is 1. The van der Waals surface area contributed by atoms with E-state index in [4.69, 9.17) is 32.7 Å². The third kappa shape index (κ3) is 6.21. The predicted octanol–water partition coefficient (Wildman–Crippen LogP) is 5.80. The number of rotatable bonds is 8. The molecule has 1 aromatic heterocycles. The van der Waals surface area contributed by atoms with Crippen molar-refractivity contribution in [2.45, 2.75) is 55.5 Å². The van der Waals surface area contributed by atoms with Gasteiger partial charge in [0, 0.05) is 19.3 Å². The van der Waals surface area contributed by atoms with Crippen LogP contribution < -0.4 is 26.0 Å². The van der Waals surface area contributed by atoms with Gasteiger partial charge in [-0.05, 0) is 43.2 Å². The lowest BCUT2D eigenvalue weighted by Gasteiger charge is -2.39. The van der Waals surface area contributed by atoms with Crippen LogP contribution in [0.25, 0.3) is 5.69 Å². The van der Waals surface area contributed by atoms with Gasteiger partial charge in [-0.2, -0.15) is 9.78 Å². The lowest BCUT2D eigenvalue weighted by Crippen LogP contribution is -2.51. The number of nitrogens with zero attached hydrogens (tertiary/aromatic N) is 2. The van der Waals surface area contributed by atoms with E-state index in [-0.39, 0.29) is 57.8 Å². The maximum absolute atomic E-state index is 15.5. The molecule has 5 rings (SSSR count). The third-order valence-electron chi connectivity index (χ3n) is 7.41. The first-order valence-corrected chi connectivity index (χ1v) is 13.6. The highest BCUT2D eigenvalue weighted by atomic mass is 35.5. The van der Waals surface area contributed by atoms with Crippen LogP contribution in [-0.4, -0.2) is 51.3 Å². The zero-order valence-electron chi connectivity index (χ0n) is 22.3. The Kier molecular flexibility index (Phi) is 7.97. The number of ether oxygens (including phenoxy) is 2. The van der Waals surface area contributed by atoms with Crippen molar-refractivity contribution in [2.75, 3.05) is 13.7 Å². The summed E-state index contributed by atoms with van der Waals surface area (Å²) < 4.78 is 83.0. The average Bonchev–Trinajstić information content (AvgIpc) is 3.16. The minimum absolute atomic E-state index is 0.0120. The van der Waals surface area contributed by atoms with E-state index < -0.39 is 65.7 Å². The number of amides is 1. The number of nitrogens with one attached hydrogen (secondary N) is 2. The van der Waals surface area contributed by atoms with Crippen LogP contribution in [0.5, 0.6) is 17.2 Å². The number of alkyl halides is 5. The van der Waals surface area contributed by atoms with Crippen LogP contribution in [0, 0.1) is 0 Å². The number of aromatic nitrogens is 3. The van der Waals surface area contributed by atoms with Crippen LogP contribution in [0.2, 0.25) is 10.0 Å². The minimum Gasteiger partial charge on any atom is -0.496 e. The van der Waals surface area contributed by atoms with E-state index in [9.17, 15) is 31.9 Å². The van der Waals surface area contributed by atoms with Crippen molar-refractivity contribution in [1.29, 1.82) is 0 Å². The molecule has 2 fully saturated rings. The molecule has 2 aliphatic carbocycles. The van der Waals surface area contributed by atoms with E-state index in [0.717, 1.165) is 12.1 Å². The lowest BCUT2D eigenvalue weighted by molar-refractivity contribution is -0.0435. The number of benzene rings is 2. The molecule has 1 amide bonds. The van der Waals surface area contributed by atoms with Crippen molar-refractivity contribution in [2.24, 2.45) is 0 Å². The van der Waals surface area contributed by atoms with Gasteiger partial charge in [0.05, 0.1) is 35.0 Å². The number of fused-ring (bicyclic) bond motifs is 2. The van der Waals surface area contributed by atoms with Crippen molar-refractivity contribution in [3.63, 3.8) is 0 Å². The number of hydrogen-bond acceptors (Lipinski definition) is 6. The van der Waals surface area contributed by atoms with E-state index in [2.05, 4.69) is 10.4 Å². The minimum atomic E-state index is -3.26. The third-order valence-corrected chi connectivity index (χ3v) is 7.97. The molecule has 2 bridgehead atoms. The van der Waals surface area contributed by atoms with Crippen LogP contribution in [0.15, 0.2) is 39.9 Å². The molecule has 2 unspecified atom stereocenters. The molecule has 0 aliphatic heterocycles. The topological polar surface area (TPSA) is 115 Å². The van der Waals surface area contributed by atoms with E-state index >= 15 is 4.39 Å². The summed E-state index contributed by atoms with van der Waals surface area (Å²) in [5, 5.41) is 5.38. The highest BCUT2D eigenvalue weighted by Crippen LogP contribution is 2.56. The molecule has 2 aromatic carbocycles. The van der Waals surface area contributed by atoms with E-state index in [0.29, 0.717) is 4.68 Å². The Morgan fingerprint density at radius 1 is 1.07 bits per heavy atom. The highest BCUT2D eigenvalue weighted by molar-refractivity contribution is 6.37. The zero-order chi connectivity index (χ0) is 31.3. The average molecular weight is 649 g/mol. The second-order valence-corrected chi connectivity index (χ2v) is 11.5. The quantitative estimate of drug-likeness (QED) is 0.299.